The summed E-state index contributed by atoms with van der Waals surface area (Å²) in [4.78, 5) is 17.8. The Morgan fingerprint density at radius 2 is 1.84 bits per heavy atom. The van der Waals surface area contributed by atoms with Gasteiger partial charge in [-0.25, -0.2) is 8.42 Å². The summed E-state index contributed by atoms with van der Waals surface area (Å²) < 4.78 is 24.5. The fraction of sp³-hybridized carbons (Fsp3) is 0.588. The molecule has 8 heteroatoms. The lowest BCUT2D eigenvalue weighted by atomic mass is 10.0. The molecule has 7 nitrogen and oxygen atoms in total. The molecule has 0 radical (unpaired) electrons. The molecule has 0 bridgehead atoms. The van der Waals surface area contributed by atoms with Gasteiger partial charge in [-0.2, -0.15) is 0 Å². The highest BCUT2D eigenvalue weighted by atomic mass is 32.2. The fourth-order valence-corrected chi connectivity index (χ4v) is 5.74. The van der Waals surface area contributed by atoms with E-state index >= 15 is 0 Å². The van der Waals surface area contributed by atoms with E-state index < -0.39 is 9.84 Å². The number of carbonyl (C=O) groups excluding carboxylic acids is 1. The highest BCUT2D eigenvalue weighted by molar-refractivity contribution is 7.91. The quantitative estimate of drug-likeness (QED) is 0.791. The normalized spacial score (nSPS) is 26.3. The lowest BCUT2D eigenvalue weighted by Crippen LogP contribution is -2.60. The standard InChI is InChI=1S/C17H25N3O4S/c1-18(2)17(22)10-20-7-6-19(9-13-4-3-5-14(21)8-13)15-11-25(23,24)12-16(15)20/h3-5,8,15-16,21H,6-7,9-12H2,1-2H3/t15-,16+/m1/s1. The first-order valence-corrected chi connectivity index (χ1v) is 10.2. The van der Waals surface area contributed by atoms with Crippen LogP contribution in [0.25, 0.3) is 0 Å². The number of phenols is 1. The van der Waals surface area contributed by atoms with Crippen molar-refractivity contribution in [2.45, 2.75) is 18.6 Å². The van der Waals surface area contributed by atoms with E-state index in [1.807, 2.05) is 11.0 Å². The van der Waals surface area contributed by atoms with Crippen molar-refractivity contribution in [1.29, 1.82) is 0 Å². The lowest BCUT2D eigenvalue weighted by Gasteiger charge is -2.43. The van der Waals surface area contributed by atoms with Crippen molar-refractivity contribution in [1.82, 2.24) is 14.7 Å². The third-order valence-corrected chi connectivity index (χ3v) is 6.74. The zero-order valence-electron chi connectivity index (χ0n) is 14.6. The minimum atomic E-state index is -3.11. The summed E-state index contributed by atoms with van der Waals surface area (Å²) in [6, 6.07) is 6.79. The Balaban J connectivity index is 1.77. The molecule has 2 atom stereocenters. The van der Waals surface area contributed by atoms with Crippen LogP contribution in [0.4, 0.5) is 0 Å². The molecule has 0 aromatic heterocycles. The van der Waals surface area contributed by atoms with Gasteiger partial charge >= 0.3 is 0 Å². The van der Waals surface area contributed by atoms with Crippen LogP contribution in [0.1, 0.15) is 5.56 Å². The maximum Gasteiger partial charge on any atom is 0.236 e. The van der Waals surface area contributed by atoms with E-state index in [9.17, 15) is 18.3 Å². The summed E-state index contributed by atoms with van der Waals surface area (Å²) >= 11 is 0. The smallest absolute Gasteiger partial charge is 0.236 e. The third-order valence-electron chi connectivity index (χ3n) is 5.04. The van der Waals surface area contributed by atoms with E-state index in [1.165, 1.54) is 4.90 Å². The molecule has 2 aliphatic rings. The number of likely N-dealkylation sites (N-methyl/N-ethyl adjacent to an activating group) is 1. The SMILES string of the molecule is CN(C)C(=O)CN1CCN(Cc2cccc(O)c2)[C@@H]2CS(=O)(=O)C[C@@H]21. The predicted molar refractivity (Wildman–Crippen MR) is 95.0 cm³/mol. The molecule has 2 aliphatic heterocycles. The topological polar surface area (TPSA) is 81.2 Å². The number of hydrogen-bond acceptors (Lipinski definition) is 6. The molecular formula is C17H25N3O4S. The molecule has 0 aliphatic carbocycles. The average Bonchev–Trinajstić information content (AvgIpc) is 2.85. The van der Waals surface area contributed by atoms with E-state index in [2.05, 4.69) is 4.90 Å². The molecule has 138 valence electrons. The second kappa shape index (κ2) is 6.93. The molecule has 1 aromatic carbocycles. The van der Waals surface area contributed by atoms with Crippen LogP contribution in [0.2, 0.25) is 0 Å². The number of fused-ring (bicyclic) bond motifs is 1. The van der Waals surface area contributed by atoms with Crippen molar-refractivity contribution >= 4 is 15.7 Å². The Morgan fingerprint density at radius 1 is 1.20 bits per heavy atom. The number of amides is 1. The number of piperazine rings is 1. The summed E-state index contributed by atoms with van der Waals surface area (Å²) in [6.07, 6.45) is 0. The zero-order valence-corrected chi connectivity index (χ0v) is 15.4. The van der Waals surface area contributed by atoms with Gasteiger partial charge in [-0.05, 0) is 17.7 Å². The first kappa shape index (κ1) is 18.2. The summed E-state index contributed by atoms with van der Waals surface area (Å²) in [5.74, 6) is 0.436. The summed E-state index contributed by atoms with van der Waals surface area (Å²) in [5, 5.41) is 9.64. The highest BCUT2D eigenvalue weighted by Crippen LogP contribution is 2.28. The van der Waals surface area contributed by atoms with Crippen LogP contribution in [-0.2, 0) is 21.2 Å². The Bertz CT molecular complexity index is 750. The van der Waals surface area contributed by atoms with Gasteiger partial charge in [0.25, 0.3) is 0 Å². The van der Waals surface area contributed by atoms with Crippen LogP contribution in [0.15, 0.2) is 24.3 Å². The van der Waals surface area contributed by atoms with Crippen LogP contribution in [-0.4, -0.2) is 91.5 Å². The van der Waals surface area contributed by atoms with Gasteiger partial charge in [0.15, 0.2) is 9.84 Å². The Labute approximate surface area is 148 Å². The largest absolute Gasteiger partial charge is 0.508 e. The van der Waals surface area contributed by atoms with Gasteiger partial charge in [-0.1, -0.05) is 12.1 Å². The van der Waals surface area contributed by atoms with Gasteiger partial charge in [0.1, 0.15) is 5.75 Å². The molecule has 2 fully saturated rings. The first-order chi connectivity index (χ1) is 11.7. The number of hydrogen-bond donors (Lipinski definition) is 1. The van der Waals surface area contributed by atoms with Crippen LogP contribution in [0.3, 0.4) is 0 Å². The fourth-order valence-electron chi connectivity index (χ4n) is 3.69. The molecule has 2 heterocycles. The third kappa shape index (κ3) is 4.13. The predicted octanol–water partition coefficient (Wildman–Crippen LogP) is -0.236. The molecule has 0 unspecified atom stereocenters. The van der Waals surface area contributed by atoms with Gasteiger partial charge < -0.3 is 10.0 Å². The van der Waals surface area contributed by atoms with Crippen molar-refractivity contribution in [3.63, 3.8) is 0 Å². The van der Waals surface area contributed by atoms with Crippen molar-refractivity contribution in [2.75, 3.05) is 45.2 Å². The van der Waals surface area contributed by atoms with Crippen LogP contribution >= 0.6 is 0 Å². The van der Waals surface area contributed by atoms with Crippen molar-refractivity contribution in [3.05, 3.63) is 29.8 Å². The molecule has 25 heavy (non-hydrogen) atoms. The van der Waals surface area contributed by atoms with Gasteiger partial charge in [-0.15, -0.1) is 0 Å². The van der Waals surface area contributed by atoms with Crippen LogP contribution < -0.4 is 0 Å². The minimum absolute atomic E-state index is 0.00974. The Morgan fingerprint density at radius 3 is 2.48 bits per heavy atom. The summed E-state index contributed by atoms with van der Waals surface area (Å²) in [6.45, 7) is 2.21. The van der Waals surface area contributed by atoms with Crippen molar-refractivity contribution in [3.8, 4) is 5.75 Å². The molecule has 1 N–H and O–H groups in total. The number of aromatic hydroxyl groups is 1. The molecule has 3 rings (SSSR count). The van der Waals surface area contributed by atoms with E-state index in [0.29, 0.717) is 19.6 Å². The average molecular weight is 367 g/mol. The van der Waals surface area contributed by atoms with Crippen molar-refractivity contribution < 1.29 is 18.3 Å². The number of benzene rings is 1. The monoisotopic (exact) mass is 367 g/mol. The lowest BCUT2D eigenvalue weighted by molar-refractivity contribution is -0.131. The van der Waals surface area contributed by atoms with E-state index in [0.717, 1.165) is 5.56 Å². The molecule has 1 aromatic rings. The first-order valence-electron chi connectivity index (χ1n) is 8.42. The zero-order chi connectivity index (χ0) is 18.2. The van der Waals surface area contributed by atoms with Crippen LogP contribution in [0, 0.1) is 0 Å². The molecule has 0 spiro atoms. The van der Waals surface area contributed by atoms with Gasteiger partial charge in [0.05, 0.1) is 18.1 Å². The molecular weight excluding hydrogens is 342 g/mol. The number of phenolic OH excluding ortho intramolecular Hbond substituents is 1. The van der Waals surface area contributed by atoms with Gasteiger partial charge in [0.2, 0.25) is 5.91 Å². The second-order valence-electron chi connectivity index (χ2n) is 7.11. The Kier molecular flexibility index (Phi) is 5.04. The van der Waals surface area contributed by atoms with Crippen molar-refractivity contribution in [2.24, 2.45) is 0 Å². The number of rotatable bonds is 4. The second-order valence-corrected chi connectivity index (χ2v) is 9.26. The maximum atomic E-state index is 12.2. The van der Waals surface area contributed by atoms with E-state index in [4.69, 9.17) is 0 Å². The number of nitrogens with zero attached hydrogens (tertiary/aromatic N) is 3. The van der Waals surface area contributed by atoms with E-state index in [1.54, 1.807) is 32.3 Å². The van der Waals surface area contributed by atoms with Gasteiger partial charge in [-0.3, -0.25) is 14.6 Å². The molecule has 0 saturated carbocycles. The van der Waals surface area contributed by atoms with E-state index in [-0.39, 0.29) is 41.8 Å². The van der Waals surface area contributed by atoms with Crippen LogP contribution in [0.5, 0.6) is 5.75 Å². The molecule has 2 saturated heterocycles. The summed E-state index contributed by atoms with van der Waals surface area (Å²) in [5.41, 5.74) is 0.959. The highest BCUT2D eigenvalue weighted by Gasteiger charge is 2.46. The molecule has 1 amide bonds. The number of carbonyl (C=O) groups is 1. The summed E-state index contributed by atoms with van der Waals surface area (Å²) in [7, 11) is 0.315. The maximum absolute atomic E-state index is 12.2. The Hall–Kier alpha value is -1.64. The number of sulfone groups is 1. The minimum Gasteiger partial charge on any atom is -0.508 e. The van der Waals surface area contributed by atoms with Gasteiger partial charge in [0, 0.05) is 45.8 Å².